The van der Waals surface area contributed by atoms with Gasteiger partial charge in [-0.25, -0.2) is 9.67 Å². The molecule has 0 bridgehead atoms. The number of aromatic nitrogens is 3. The van der Waals surface area contributed by atoms with Gasteiger partial charge in [0, 0.05) is 11.6 Å². The second-order valence-electron chi connectivity index (χ2n) is 7.02. The number of hydrogen-bond donors (Lipinski definition) is 1. The van der Waals surface area contributed by atoms with Crippen LogP contribution in [-0.4, -0.2) is 20.7 Å². The van der Waals surface area contributed by atoms with Crippen molar-refractivity contribution in [3.63, 3.8) is 0 Å². The Morgan fingerprint density at radius 2 is 1.76 bits per heavy atom. The minimum atomic E-state index is -0.776. The van der Waals surface area contributed by atoms with Gasteiger partial charge in [-0.3, -0.25) is 9.59 Å². The van der Waals surface area contributed by atoms with Crippen LogP contribution in [-0.2, 0) is 4.79 Å². The molecule has 4 rings (SSSR count). The number of anilines is 1. The third-order valence-corrected chi connectivity index (χ3v) is 5.63. The standard InChI is InChI=1S/C22H20N4O2S/c1-13-4-7-16(8-5-13)17-10-11-20(27)26(25-17)15(3)21(28)24-22-23-18-9-6-14(2)12-19(18)29-22/h4-12,15H,1-3H3,(H,23,24,28). The van der Waals surface area contributed by atoms with Gasteiger partial charge in [-0.05, 0) is 44.5 Å². The van der Waals surface area contributed by atoms with E-state index in [2.05, 4.69) is 15.4 Å². The molecule has 6 nitrogen and oxygen atoms in total. The zero-order valence-electron chi connectivity index (χ0n) is 16.3. The van der Waals surface area contributed by atoms with Gasteiger partial charge in [-0.2, -0.15) is 5.10 Å². The molecule has 0 radical (unpaired) electrons. The molecule has 0 aliphatic rings. The molecule has 2 heterocycles. The van der Waals surface area contributed by atoms with Gasteiger partial charge in [0.15, 0.2) is 5.13 Å². The Hall–Kier alpha value is -3.32. The van der Waals surface area contributed by atoms with E-state index in [1.54, 1.807) is 13.0 Å². The molecule has 4 aromatic rings. The number of hydrogen-bond acceptors (Lipinski definition) is 5. The van der Waals surface area contributed by atoms with E-state index in [-0.39, 0.29) is 11.5 Å². The van der Waals surface area contributed by atoms with Crippen molar-refractivity contribution in [3.8, 4) is 11.3 Å². The summed E-state index contributed by atoms with van der Waals surface area (Å²) in [6, 6.07) is 16.1. The summed E-state index contributed by atoms with van der Waals surface area (Å²) in [5, 5.41) is 7.73. The van der Waals surface area contributed by atoms with Crippen molar-refractivity contribution in [2.45, 2.75) is 26.8 Å². The molecular formula is C22H20N4O2S. The normalized spacial score (nSPS) is 12.1. The highest BCUT2D eigenvalue weighted by Gasteiger charge is 2.19. The van der Waals surface area contributed by atoms with Gasteiger partial charge in [-0.1, -0.05) is 47.2 Å². The van der Waals surface area contributed by atoms with Gasteiger partial charge in [-0.15, -0.1) is 0 Å². The van der Waals surface area contributed by atoms with E-state index in [0.717, 1.165) is 26.9 Å². The first-order chi connectivity index (χ1) is 13.9. The Kier molecular flexibility index (Phi) is 4.98. The van der Waals surface area contributed by atoms with Crippen molar-refractivity contribution in [3.05, 3.63) is 76.1 Å². The summed E-state index contributed by atoms with van der Waals surface area (Å²) in [7, 11) is 0. The van der Waals surface area contributed by atoms with Crippen LogP contribution >= 0.6 is 11.3 Å². The summed E-state index contributed by atoms with van der Waals surface area (Å²) in [5.74, 6) is -0.337. The minimum Gasteiger partial charge on any atom is -0.300 e. The Bertz CT molecular complexity index is 1260. The fraction of sp³-hybridized carbons (Fsp3) is 0.182. The summed E-state index contributed by atoms with van der Waals surface area (Å²) in [6.45, 7) is 5.67. The topological polar surface area (TPSA) is 76.9 Å². The highest BCUT2D eigenvalue weighted by molar-refractivity contribution is 7.22. The minimum absolute atomic E-state index is 0.330. The highest BCUT2D eigenvalue weighted by atomic mass is 32.1. The summed E-state index contributed by atoms with van der Waals surface area (Å²) in [5.41, 5.74) is 4.30. The molecule has 1 N–H and O–H groups in total. The van der Waals surface area contributed by atoms with Crippen LogP contribution in [0.15, 0.2) is 59.4 Å². The molecule has 1 amide bonds. The average molecular weight is 404 g/mol. The number of carbonyl (C=O) groups excluding carboxylic acids is 1. The number of fused-ring (bicyclic) bond motifs is 1. The molecule has 146 valence electrons. The van der Waals surface area contributed by atoms with Crippen LogP contribution in [0.25, 0.3) is 21.5 Å². The fourth-order valence-electron chi connectivity index (χ4n) is 2.99. The number of carbonyl (C=O) groups is 1. The highest BCUT2D eigenvalue weighted by Crippen LogP contribution is 2.27. The lowest BCUT2D eigenvalue weighted by atomic mass is 10.1. The zero-order chi connectivity index (χ0) is 20.5. The van der Waals surface area contributed by atoms with E-state index < -0.39 is 6.04 Å². The lowest BCUT2D eigenvalue weighted by Gasteiger charge is -2.14. The molecule has 0 saturated heterocycles. The number of rotatable bonds is 4. The molecule has 1 atom stereocenters. The molecule has 0 aliphatic heterocycles. The van der Waals surface area contributed by atoms with Gasteiger partial charge in [0.05, 0.1) is 15.9 Å². The van der Waals surface area contributed by atoms with Gasteiger partial charge in [0.1, 0.15) is 6.04 Å². The summed E-state index contributed by atoms with van der Waals surface area (Å²) >= 11 is 1.41. The van der Waals surface area contributed by atoms with Crippen molar-refractivity contribution >= 4 is 32.6 Å². The first kappa shape index (κ1) is 19.0. The largest absolute Gasteiger partial charge is 0.300 e. The monoisotopic (exact) mass is 404 g/mol. The summed E-state index contributed by atoms with van der Waals surface area (Å²) in [6.07, 6.45) is 0. The van der Waals surface area contributed by atoms with Gasteiger partial charge >= 0.3 is 0 Å². The number of aryl methyl sites for hydroxylation is 2. The Labute approximate surface area is 171 Å². The molecule has 2 aromatic carbocycles. The SMILES string of the molecule is Cc1ccc(-c2ccc(=O)n(C(C)C(=O)Nc3nc4ccc(C)cc4s3)n2)cc1. The van der Waals surface area contributed by atoms with Crippen molar-refractivity contribution in [1.29, 1.82) is 0 Å². The number of benzene rings is 2. The maximum atomic E-state index is 12.8. The summed E-state index contributed by atoms with van der Waals surface area (Å²) in [4.78, 5) is 29.5. The molecule has 0 spiro atoms. The third kappa shape index (κ3) is 3.95. The number of nitrogens with zero attached hydrogens (tertiary/aromatic N) is 3. The van der Waals surface area contributed by atoms with Crippen molar-refractivity contribution in [1.82, 2.24) is 14.8 Å². The number of nitrogens with one attached hydrogen (secondary N) is 1. The second-order valence-corrected chi connectivity index (χ2v) is 8.05. The third-order valence-electron chi connectivity index (χ3n) is 4.69. The van der Waals surface area contributed by atoms with E-state index in [1.807, 2.05) is 56.3 Å². The molecular weight excluding hydrogens is 384 g/mol. The molecule has 0 fully saturated rings. The van der Waals surface area contributed by atoms with E-state index >= 15 is 0 Å². The van der Waals surface area contributed by atoms with Crippen molar-refractivity contribution in [2.75, 3.05) is 5.32 Å². The molecule has 0 saturated carbocycles. The Balaban J connectivity index is 1.59. The van der Waals surface area contributed by atoms with Crippen LogP contribution in [0.1, 0.15) is 24.1 Å². The Morgan fingerprint density at radius 1 is 1.03 bits per heavy atom. The average Bonchev–Trinajstić information content (AvgIpc) is 3.09. The van der Waals surface area contributed by atoms with E-state index in [9.17, 15) is 9.59 Å². The van der Waals surface area contributed by atoms with E-state index in [1.165, 1.54) is 22.1 Å². The molecule has 2 aromatic heterocycles. The number of thiazole rings is 1. The quantitative estimate of drug-likeness (QED) is 0.549. The van der Waals surface area contributed by atoms with Gasteiger partial charge in [0.25, 0.3) is 11.5 Å². The predicted molar refractivity (Wildman–Crippen MR) is 116 cm³/mol. The summed E-state index contributed by atoms with van der Waals surface area (Å²) < 4.78 is 2.21. The van der Waals surface area contributed by atoms with Crippen LogP contribution in [0.3, 0.4) is 0 Å². The zero-order valence-corrected chi connectivity index (χ0v) is 17.2. The molecule has 0 aliphatic carbocycles. The Morgan fingerprint density at radius 3 is 2.52 bits per heavy atom. The second kappa shape index (κ2) is 7.60. The fourth-order valence-corrected chi connectivity index (χ4v) is 3.95. The number of amides is 1. The van der Waals surface area contributed by atoms with Crippen LogP contribution in [0, 0.1) is 13.8 Å². The molecule has 7 heteroatoms. The van der Waals surface area contributed by atoms with Gasteiger partial charge < -0.3 is 5.32 Å². The van der Waals surface area contributed by atoms with Crippen LogP contribution in [0.5, 0.6) is 0 Å². The lowest BCUT2D eigenvalue weighted by Crippen LogP contribution is -2.33. The smallest absolute Gasteiger partial charge is 0.267 e. The predicted octanol–water partition coefficient (Wildman–Crippen LogP) is 4.34. The molecule has 29 heavy (non-hydrogen) atoms. The first-order valence-electron chi connectivity index (χ1n) is 9.26. The lowest BCUT2D eigenvalue weighted by molar-refractivity contribution is -0.119. The molecule has 1 unspecified atom stereocenters. The van der Waals surface area contributed by atoms with Gasteiger partial charge in [0.2, 0.25) is 0 Å². The first-order valence-corrected chi connectivity index (χ1v) is 10.1. The van der Waals surface area contributed by atoms with Crippen molar-refractivity contribution in [2.24, 2.45) is 0 Å². The maximum absolute atomic E-state index is 12.8. The van der Waals surface area contributed by atoms with Crippen LogP contribution in [0.4, 0.5) is 5.13 Å². The van der Waals surface area contributed by atoms with Crippen LogP contribution in [0.2, 0.25) is 0 Å². The van der Waals surface area contributed by atoms with E-state index in [0.29, 0.717) is 10.8 Å². The maximum Gasteiger partial charge on any atom is 0.267 e. The van der Waals surface area contributed by atoms with Crippen LogP contribution < -0.4 is 10.9 Å². The van der Waals surface area contributed by atoms with Crippen molar-refractivity contribution < 1.29 is 4.79 Å². The van der Waals surface area contributed by atoms with E-state index in [4.69, 9.17) is 0 Å².